The highest BCUT2D eigenvalue weighted by Crippen LogP contribution is 1.84. The zero-order valence-electron chi connectivity index (χ0n) is 3.91. The Morgan fingerprint density at radius 1 is 1.29 bits per heavy atom. The highest BCUT2D eigenvalue weighted by molar-refractivity contribution is 6.39. The Labute approximate surface area is 44.6 Å². The first-order valence-electron chi connectivity index (χ1n) is 2.18. The van der Waals surface area contributed by atoms with Gasteiger partial charge in [0.1, 0.15) is 0 Å². The second kappa shape index (κ2) is 2.47. The zero-order valence-corrected chi connectivity index (χ0v) is 5.33. The van der Waals surface area contributed by atoms with Gasteiger partial charge in [-0.2, -0.15) is 5.11 Å². The molecule has 0 saturated heterocycles. The molecule has 0 aromatic rings. The lowest BCUT2D eigenvalue weighted by Crippen LogP contribution is -1.69. The van der Waals surface area contributed by atoms with E-state index >= 15 is 0 Å². The molecule has 1 aliphatic rings. The first-order chi connectivity index (χ1) is 3.50. The molecule has 0 fully saturated rings. The van der Waals surface area contributed by atoms with Gasteiger partial charge in [-0.15, -0.1) is 0 Å². The summed E-state index contributed by atoms with van der Waals surface area (Å²) in [6.45, 7) is 0. The number of rotatable bonds is 0. The van der Waals surface area contributed by atoms with Crippen molar-refractivity contribution in [3.8, 4) is 0 Å². The van der Waals surface area contributed by atoms with Crippen LogP contribution in [0.15, 0.2) is 33.9 Å². The molecule has 36 valence electrons. The van der Waals surface area contributed by atoms with Crippen LogP contribution in [0.1, 0.15) is 0 Å². The van der Waals surface area contributed by atoms with Crippen LogP contribution < -0.4 is 0 Å². The molecule has 0 unspecified atom stereocenters. The van der Waals surface area contributed by atoms with Crippen molar-refractivity contribution < 1.29 is 0 Å². The van der Waals surface area contributed by atoms with Gasteiger partial charge in [0, 0.05) is 6.20 Å². The normalized spacial score (nSPS) is 20.6. The molecule has 0 bridgehead atoms. The molecule has 0 N–H and O–H groups in total. The molecular weight excluding hydrogens is 104 g/mol. The van der Waals surface area contributed by atoms with Crippen LogP contribution in [0.25, 0.3) is 0 Å². The minimum absolute atomic E-state index is 0.311. The summed E-state index contributed by atoms with van der Waals surface area (Å²) in [4.78, 5) is 0. The molecule has 0 aliphatic carbocycles. The van der Waals surface area contributed by atoms with E-state index in [9.17, 15) is 0 Å². The molecule has 7 heavy (non-hydrogen) atoms. The fraction of sp³-hybridized carbons (Fsp3) is 0. The number of hydrogen-bond donors (Lipinski definition) is 0. The predicted molar refractivity (Wildman–Crippen MR) is 31.7 cm³/mol. The lowest BCUT2D eigenvalue weighted by atomic mass is 10.6. The molecular formula is C4H6N2Si. The van der Waals surface area contributed by atoms with E-state index in [2.05, 4.69) is 15.6 Å². The number of nitrogens with zero attached hydrogens (tertiary/aromatic N) is 2. The smallest absolute Gasteiger partial charge is 0.202 e. The molecule has 0 atom stereocenters. The third-order valence-corrected chi connectivity index (χ3v) is 1.48. The monoisotopic (exact) mass is 110 g/mol. The van der Waals surface area contributed by atoms with Crippen molar-refractivity contribution in [3.05, 3.63) is 24.1 Å². The van der Waals surface area contributed by atoms with Gasteiger partial charge in [-0.05, 0) is 6.08 Å². The standard InChI is InChI=1S/C4H6N2Si/c1-2-4-7-6-5-3-1/h1-4H,7H2. The summed E-state index contributed by atoms with van der Waals surface area (Å²) >= 11 is 0. The van der Waals surface area contributed by atoms with Gasteiger partial charge in [-0.3, -0.25) is 0 Å². The first kappa shape index (κ1) is 4.46. The molecule has 0 aromatic heterocycles. The van der Waals surface area contributed by atoms with E-state index in [1.807, 2.05) is 12.2 Å². The molecule has 3 heteroatoms. The summed E-state index contributed by atoms with van der Waals surface area (Å²) in [6.07, 6.45) is 5.59. The Bertz CT molecular complexity index is 112. The van der Waals surface area contributed by atoms with Crippen LogP contribution in [0.2, 0.25) is 0 Å². The van der Waals surface area contributed by atoms with Crippen molar-refractivity contribution in [2.45, 2.75) is 0 Å². The van der Waals surface area contributed by atoms with Crippen molar-refractivity contribution in [2.24, 2.45) is 9.89 Å². The third kappa shape index (κ3) is 1.45. The summed E-state index contributed by atoms with van der Waals surface area (Å²) in [5.41, 5.74) is 2.09. The van der Waals surface area contributed by atoms with E-state index in [4.69, 9.17) is 0 Å². The maximum Gasteiger partial charge on any atom is 0.202 e. The minimum atomic E-state index is -0.311. The van der Waals surface area contributed by atoms with Crippen molar-refractivity contribution in [3.63, 3.8) is 0 Å². The SMILES string of the molecule is C1=CN=N[SiH2]C=C1. The summed E-state index contributed by atoms with van der Waals surface area (Å²) in [7, 11) is -0.311. The summed E-state index contributed by atoms with van der Waals surface area (Å²) in [5.74, 6) is 0. The van der Waals surface area contributed by atoms with E-state index in [0.29, 0.717) is 0 Å². The van der Waals surface area contributed by atoms with E-state index in [1.165, 1.54) is 0 Å². The van der Waals surface area contributed by atoms with Gasteiger partial charge in [-0.25, -0.2) is 4.78 Å². The quantitative estimate of drug-likeness (QED) is 0.407. The van der Waals surface area contributed by atoms with Gasteiger partial charge in [-0.1, -0.05) is 11.8 Å². The third-order valence-electron chi connectivity index (χ3n) is 0.669. The van der Waals surface area contributed by atoms with Crippen molar-refractivity contribution >= 4 is 9.68 Å². The van der Waals surface area contributed by atoms with E-state index in [-0.39, 0.29) is 9.68 Å². The van der Waals surface area contributed by atoms with Crippen molar-refractivity contribution in [1.82, 2.24) is 0 Å². The molecule has 0 radical (unpaired) electrons. The second-order valence-corrected chi connectivity index (χ2v) is 2.33. The predicted octanol–water partition coefficient (Wildman–Crippen LogP) is 0.563. The Hall–Kier alpha value is -0.703. The summed E-state index contributed by atoms with van der Waals surface area (Å²) in [6, 6.07) is 0. The minimum Gasteiger partial charge on any atom is -0.237 e. The van der Waals surface area contributed by atoms with Gasteiger partial charge in [0.25, 0.3) is 0 Å². The highest BCUT2D eigenvalue weighted by Gasteiger charge is 1.73. The second-order valence-electron chi connectivity index (χ2n) is 1.21. The van der Waals surface area contributed by atoms with Gasteiger partial charge in [0.2, 0.25) is 9.68 Å². The molecule has 1 aliphatic heterocycles. The van der Waals surface area contributed by atoms with E-state index in [1.54, 1.807) is 6.20 Å². The Morgan fingerprint density at radius 2 is 2.29 bits per heavy atom. The van der Waals surface area contributed by atoms with E-state index in [0.717, 1.165) is 0 Å². The molecule has 1 rings (SSSR count). The average molecular weight is 110 g/mol. The molecule has 1 heterocycles. The van der Waals surface area contributed by atoms with Gasteiger partial charge in [0.05, 0.1) is 0 Å². The van der Waals surface area contributed by atoms with E-state index < -0.39 is 0 Å². The Balaban J connectivity index is 2.60. The van der Waals surface area contributed by atoms with Gasteiger partial charge >= 0.3 is 0 Å². The van der Waals surface area contributed by atoms with Crippen LogP contribution in [0.3, 0.4) is 0 Å². The average Bonchev–Trinajstić information content (AvgIpc) is 1.90. The molecule has 0 spiro atoms. The topological polar surface area (TPSA) is 24.7 Å². The summed E-state index contributed by atoms with van der Waals surface area (Å²) in [5, 5.41) is 3.71. The maximum absolute atomic E-state index is 3.86. The first-order valence-corrected chi connectivity index (χ1v) is 3.63. The molecule has 0 saturated carbocycles. The Kier molecular flexibility index (Phi) is 1.57. The van der Waals surface area contributed by atoms with Crippen LogP contribution in [-0.2, 0) is 0 Å². The van der Waals surface area contributed by atoms with Crippen LogP contribution in [0.4, 0.5) is 0 Å². The van der Waals surface area contributed by atoms with Crippen molar-refractivity contribution in [1.29, 1.82) is 0 Å². The fourth-order valence-corrected chi connectivity index (χ4v) is 0.931. The maximum atomic E-state index is 3.86. The van der Waals surface area contributed by atoms with Crippen LogP contribution in [0.5, 0.6) is 0 Å². The van der Waals surface area contributed by atoms with Crippen LogP contribution in [-0.4, -0.2) is 9.68 Å². The zero-order chi connectivity index (χ0) is 4.95. The number of allylic oxidation sites excluding steroid dienone is 2. The van der Waals surface area contributed by atoms with Crippen LogP contribution >= 0.6 is 0 Å². The Morgan fingerprint density at radius 3 is 3.29 bits per heavy atom. The van der Waals surface area contributed by atoms with Gasteiger partial charge < -0.3 is 0 Å². The summed E-state index contributed by atoms with van der Waals surface area (Å²) < 4.78 is 3.86. The van der Waals surface area contributed by atoms with Gasteiger partial charge in [0.15, 0.2) is 0 Å². The molecule has 2 nitrogen and oxygen atoms in total. The van der Waals surface area contributed by atoms with Crippen molar-refractivity contribution in [2.75, 3.05) is 0 Å². The van der Waals surface area contributed by atoms with Crippen LogP contribution in [0, 0.1) is 0 Å². The highest BCUT2D eigenvalue weighted by atomic mass is 28.2. The molecule has 0 amide bonds. The number of hydrogen-bond acceptors (Lipinski definition) is 2. The molecule has 0 aromatic carbocycles. The fourth-order valence-electron chi connectivity index (χ4n) is 0.369. The lowest BCUT2D eigenvalue weighted by molar-refractivity contribution is 1.32. The largest absolute Gasteiger partial charge is 0.237 e. The lowest BCUT2D eigenvalue weighted by Gasteiger charge is -1.68.